The molecule has 1 saturated heterocycles. The quantitative estimate of drug-likeness (QED) is 0.599. The Balaban J connectivity index is 1.97. The fraction of sp³-hybridized carbons (Fsp3) is 0.600. The SMILES string of the molecule is C1=CC(C2CNCCN2)=CCC1. The highest BCUT2D eigenvalue weighted by Gasteiger charge is 2.14. The molecule has 2 aliphatic rings. The lowest BCUT2D eigenvalue weighted by Crippen LogP contribution is -2.49. The predicted octanol–water partition coefficient (Wildman–Crippen LogP) is 0.824. The van der Waals surface area contributed by atoms with E-state index in [2.05, 4.69) is 28.9 Å². The summed E-state index contributed by atoms with van der Waals surface area (Å²) in [6.07, 6.45) is 9.30. The van der Waals surface area contributed by atoms with Crippen molar-refractivity contribution in [3.63, 3.8) is 0 Å². The van der Waals surface area contributed by atoms with Crippen LogP contribution in [0.15, 0.2) is 23.8 Å². The lowest BCUT2D eigenvalue weighted by atomic mass is 9.99. The van der Waals surface area contributed by atoms with Crippen LogP contribution in [-0.2, 0) is 0 Å². The highest BCUT2D eigenvalue weighted by Crippen LogP contribution is 2.13. The first-order valence-corrected chi connectivity index (χ1v) is 4.77. The van der Waals surface area contributed by atoms with Crippen molar-refractivity contribution in [2.45, 2.75) is 18.9 Å². The molecule has 66 valence electrons. The molecule has 2 heteroatoms. The van der Waals surface area contributed by atoms with Gasteiger partial charge < -0.3 is 10.6 Å². The molecule has 0 aromatic heterocycles. The number of nitrogens with one attached hydrogen (secondary N) is 2. The van der Waals surface area contributed by atoms with Crippen LogP contribution in [0.25, 0.3) is 0 Å². The topological polar surface area (TPSA) is 24.1 Å². The van der Waals surface area contributed by atoms with Gasteiger partial charge >= 0.3 is 0 Å². The Bertz CT molecular complexity index is 200. The third-order valence-electron chi connectivity index (χ3n) is 2.47. The van der Waals surface area contributed by atoms with Gasteiger partial charge in [-0.3, -0.25) is 0 Å². The average molecular weight is 164 g/mol. The Hall–Kier alpha value is -0.600. The molecule has 0 amide bonds. The fourth-order valence-electron chi connectivity index (χ4n) is 1.78. The van der Waals surface area contributed by atoms with E-state index in [4.69, 9.17) is 0 Å². The molecule has 12 heavy (non-hydrogen) atoms. The molecule has 0 bridgehead atoms. The summed E-state index contributed by atoms with van der Waals surface area (Å²) in [7, 11) is 0. The minimum absolute atomic E-state index is 0.551. The van der Waals surface area contributed by atoms with Crippen LogP contribution in [0, 0.1) is 0 Å². The van der Waals surface area contributed by atoms with Crippen LogP contribution >= 0.6 is 0 Å². The van der Waals surface area contributed by atoms with Gasteiger partial charge in [0.1, 0.15) is 0 Å². The molecule has 0 saturated carbocycles. The molecular weight excluding hydrogens is 148 g/mol. The summed E-state index contributed by atoms with van der Waals surface area (Å²) in [6, 6.07) is 0.551. The first-order valence-electron chi connectivity index (χ1n) is 4.77. The smallest absolute Gasteiger partial charge is 0.0443 e. The molecular formula is C10H16N2. The molecule has 0 spiro atoms. The molecule has 1 unspecified atom stereocenters. The van der Waals surface area contributed by atoms with Gasteiger partial charge in [-0.2, -0.15) is 0 Å². The van der Waals surface area contributed by atoms with Crippen molar-refractivity contribution in [3.8, 4) is 0 Å². The molecule has 2 N–H and O–H groups in total. The average Bonchev–Trinajstić information content (AvgIpc) is 2.21. The van der Waals surface area contributed by atoms with Crippen LogP contribution in [0.4, 0.5) is 0 Å². The van der Waals surface area contributed by atoms with E-state index in [1.807, 2.05) is 0 Å². The van der Waals surface area contributed by atoms with Gasteiger partial charge in [-0.15, -0.1) is 0 Å². The number of allylic oxidation sites excluding steroid dienone is 2. The number of piperazine rings is 1. The van der Waals surface area contributed by atoms with E-state index in [-0.39, 0.29) is 0 Å². The third kappa shape index (κ3) is 1.76. The van der Waals surface area contributed by atoms with Gasteiger partial charge in [0.2, 0.25) is 0 Å². The van der Waals surface area contributed by atoms with Crippen LogP contribution in [0.1, 0.15) is 12.8 Å². The lowest BCUT2D eigenvalue weighted by molar-refractivity contribution is 0.460. The molecule has 1 aliphatic carbocycles. The monoisotopic (exact) mass is 164 g/mol. The molecule has 2 rings (SSSR count). The van der Waals surface area contributed by atoms with Crippen molar-refractivity contribution in [1.29, 1.82) is 0 Å². The zero-order valence-corrected chi connectivity index (χ0v) is 7.34. The summed E-state index contributed by atoms with van der Waals surface area (Å²) in [4.78, 5) is 0. The first-order chi connectivity index (χ1) is 5.97. The normalized spacial score (nSPS) is 30.0. The number of rotatable bonds is 1. The lowest BCUT2D eigenvalue weighted by Gasteiger charge is -2.26. The fourth-order valence-corrected chi connectivity index (χ4v) is 1.78. The van der Waals surface area contributed by atoms with Crippen LogP contribution < -0.4 is 10.6 Å². The van der Waals surface area contributed by atoms with Gasteiger partial charge in [-0.1, -0.05) is 18.2 Å². The maximum Gasteiger partial charge on any atom is 0.0443 e. The van der Waals surface area contributed by atoms with Crippen LogP contribution in [0.2, 0.25) is 0 Å². The largest absolute Gasteiger partial charge is 0.314 e. The highest BCUT2D eigenvalue weighted by molar-refractivity contribution is 5.28. The highest BCUT2D eigenvalue weighted by atomic mass is 15.1. The van der Waals surface area contributed by atoms with Crippen LogP contribution in [-0.4, -0.2) is 25.7 Å². The standard InChI is InChI=1S/C10H16N2/c1-2-4-9(5-3-1)10-8-11-6-7-12-10/h2,4-5,10-12H,1,3,6-8H2. The summed E-state index contributed by atoms with van der Waals surface area (Å²) in [6.45, 7) is 3.28. The molecule has 0 aromatic carbocycles. The second-order valence-corrected chi connectivity index (χ2v) is 3.39. The van der Waals surface area contributed by atoms with Gasteiger partial charge in [0, 0.05) is 25.7 Å². The maximum absolute atomic E-state index is 3.51. The molecule has 0 aromatic rings. The van der Waals surface area contributed by atoms with Gasteiger partial charge in [-0.25, -0.2) is 0 Å². The Kier molecular flexibility index (Phi) is 2.59. The minimum Gasteiger partial charge on any atom is -0.314 e. The van der Waals surface area contributed by atoms with E-state index >= 15 is 0 Å². The van der Waals surface area contributed by atoms with Gasteiger partial charge in [0.15, 0.2) is 0 Å². The van der Waals surface area contributed by atoms with Crippen LogP contribution in [0.3, 0.4) is 0 Å². The van der Waals surface area contributed by atoms with E-state index in [1.165, 1.54) is 18.4 Å². The first kappa shape index (κ1) is 8.02. The summed E-state index contributed by atoms with van der Waals surface area (Å²) in [5, 5.41) is 6.90. The Morgan fingerprint density at radius 3 is 2.92 bits per heavy atom. The third-order valence-corrected chi connectivity index (χ3v) is 2.47. The van der Waals surface area contributed by atoms with Gasteiger partial charge in [0.25, 0.3) is 0 Å². The van der Waals surface area contributed by atoms with E-state index < -0.39 is 0 Å². The summed E-state index contributed by atoms with van der Waals surface area (Å²) >= 11 is 0. The Morgan fingerprint density at radius 2 is 2.25 bits per heavy atom. The Labute approximate surface area is 73.7 Å². The zero-order valence-electron chi connectivity index (χ0n) is 7.34. The summed E-state index contributed by atoms with van der Waals surface area (Å²) < 4.78 is 0. The number of hydrogen-bond donors (Lipinski definition) is 2. The van der Waals surface area contributed by atoms with Gasteiger partial charge in [0.05, 0.1) is 0 Å². The molecule has 1 heterocycles. The van der Waals surface area contributed by atoms with E-state index in [1.54, 1.807) is 0 Å². The molecule has 1 atom stereocenters. The number of hydrogen-bond acceptors (Lipinski definition) is 2. The van der Waals surface area contributed by atoms with E-state index in [0.29, 0.717) is 6.04 Å². The summed E-state index contributed by atoms with van der Waals surface area (Å²) in [5.41, 5.74) is 1.47. The summed E-state index contributed by atoms with van der Waals surface area (Å²) in [5.74, 6) is 0. The van der Waals surface area contributed by atoms with E-state index in [9.17, 15) is 0 Å². The maximum atomic E-state index is 3.51. The van der Waals surface area contributed by atoms with Crippen LogP contribution in [0.5, 0.6) is 0 Å². The van der Waals surface area contributed by atoms with Crippen molar-refractivity contribution in [1.82, 2.24) is 10.6 Å². The van der Waals surface area contributed by atoms with Gasteiger partial charge in [-0.05, 0) is 18.4 Å². The molecule has 2 nitrogen and oxygen atoms in total. The molecule has 1 aliphatic heterocycles. The van der Waals surface area contributed by atoms with Crippen molar-refractivity contribution >= 4 is 0 Å². The van der Waals surface area contributed by atoms with Crippen molar-refractivity contribution in [2.24, 2.45) is 0 Å². The molecule has 1 fully saturated rings. The predicted molar refractivity (Wildman–Crippen MR) is 51.1 cm³/mol. The van der Waals surface area contributed by atoms with E-state index in [0.717, 1.165) is 19.6 Å². The van der Waals surface area contributed by atoms with Crippen molar-refractivity contribution < 1.29 is 0 Å². The molecule has 0 radical (unpaired) electrons. The second-order valence-electron chi connectivity index (χ2n) is 3.39. The second kappa shape index (κ2) is 3.87. The van der Waals surface area contributed by atoms with Crippen molar-refractivity contribution in [3.05, 3.63) is 23.8 Å². The van der Waals surface area contributed by atoms with Crippen molar-refractivity contribution in [2.75, 3.05) is 19.6 Å². The minimum atomic E-state index is 0.551. The Morgan fingerprint density at radius 1 is 1.25 bits per heavy atom. The zero-order chi connectivity index (χ0) is 8.23.